The molecule has 0 fully saturated rings. The van der Waals surface area contributed by atoms with Crippen LogP contribution in [0.1, 0.15) is 18.9 Å². The van der Waals surface area contributed by atoms with Gasteiger partial charge in [0.15, 0.2) is 0 Å². The Bertz CT molecular complexity index is 275. The summed E-state index contributed by atoms with van der Waals surface area (Å²) in [4.78, 5) is 0. The first-order valence-corrected chi connectivity index (χ1v) is 5.44. The average molecular weight is 290 g/mol. The molecule has 0 amide bonds. The highest BCUT2D eigenvalue weighted by Crippen LogP contribution is 2.29. The van der Waals surface area contributed by atoms with Gasteiger partial charge in [0.2, 0.25) is 0 Å². The molecule has 0 atom stereocenters. The van der Waals surface area contributed by atoms with E-state index in [2.05, 4.69) is 50.9 Å². The number of hydrogen-bond donors (Lipinski definition) is 0. The highest BCUT2D eigenvalue weighted by Gasteiger charge is 2.00. The van der Waals surface area contributed by atoms with Crippen molar-refractivity contribution in [2.45, 2.75) is 13.3 Å². The van der Waals surface area contributed by atoms with Gasteiger partial charge < -0.3 is 0 Å². The van der Waals surface area contributed by atoms with Gasteiger partial charge in [-0.1, -0.05) is 53.2 Å². The molecule has 12 heavy (non-hydrogen) atoms. The molecule has 0 N–H and O–H groups in total. The highest BCUT2D eigenvalue weighted by atomic mass is 79.9. The largest absolute Gasteiger partial charge is 0.0622 e. The van der Waals surface area contributed by atoms with E-state index in [1.807, 2.05) is 18.2 Å². The molecule has 0 aliphatic rings. The van der Waals surface area contributed by atoms with E-state index >= 15 is 0 Å². The zero-order valence-corrected chi connectivity index (χ0v) is 10.0. The Balaban J connectivity index is 3.00. The maximum absolute atomic E-state index is 3.54. The van der Waals surface area contributed by atoms with Gasteiger partial charge in [-0.3, -0.25) is 0 Å². The van der Waals surface area contributed by atoms with Crippen LogP contribution in [0, 0.1) is 0 Å². The molecule has 2 heteroatoms. The SMILES string of the molecule is CC/C(Br)=C(/Br)c1ccccc1. The van der Waals surface area contributed by atoms with Crippen molar-refractivity contribution in [1.82, 2.24) is 0 Å². The molecule has 0 spiro atoms. The van der Waals surface area contributed by atoms with Crippen LogP contribution in [0.15, 0.2) is 34.8 Å². The second kappa shape index (κ2) is 4.83. The van der Waals surface area contributed by atoms with Gasteiger partial charge in [-0.25, -0.2) is 0 Å². The molecule has 0 unspecified atom stereocenters. The van der Waals surface area contributed by atoms with Gasteiger partial charge in [0.05, 0.1) is 0 Å². The quantitative estimate of drug-likeness (QED) is 0.749. The van der Waals surface area contributed by atoms with Crippen LogP contribution in [0.4, 0.5) is 0 Å². The smallest absolute Gasteiger partial charge is 0.0348 e. The zero-order chi connectivity index (χ0) is 8.97. The van der Waals surface area contributed by atoms with Crippen molar-refractivity contribution in [1.29, 1.82) is 0 Å². The first kappa shape index (κ1) is 10.0. The standard InChI is InChI=1S/C10H10Br2/c1-2-9(11)10(12)8-6-4-3-5-7-8/h3-7H,2H2,1H3/b10-9-. The fourth-order valence-electron chi connectivity index (χ4n) is 0.896. The van der Waals surface area contributed by atoms with Crippen LogP contribution < -0.4 is 0 Å². The van der Waals surface area contributed by atoms with E-state index in [-0.39, 0.29) is 0 Å². The number of hydrogen-bond acceptors (Lipinski definition) is 0. The minimum Gasteiger partial charge on any atom is -0.0622 e. The number of halogens is 2. The van der Waals surface area contributed by atoms with Crippen LogP contribution in [0.5, 0.6) is 0 Å². The maximum Gasteiger partial charge on any atom is 0.0348 e. The minimum atomic E-state index is 1.01. The summed E-state index contributed by atoms with van der Waals surface area (Å²) in [5.74, 6) is 0. The van der Waals surface area contributed by atoms with Crippen molar-refractivity contribution in [2.24, 2.45) is 0 Å². The Labute approximate surface area is 89.9 Å². The van der Waals surface area contributed by atoms with E-state index in [9.17, 15) is 0 Å². The molecular formula is C10H10Br2. The third kappa shape index (κ3) is 2.46. The van der Waals surface area contributed by atoms with Gasteiger partial charge in [0.25, 0.3) is 0 Å². The number of benzene rings is 1. The third-order valence-electron chi connectivity index (χ3n) is 1.58. The molecule has 0 radical (unpaired) electrons. The fraction of sp³-hybridized carbons (Fsp3) is 0.200. The number of rotatable bonds is 2. The molecule has 64 valence electrons. The Hall–Kier alpha value is -0.0800. The van der Waals surface area contributed by atoms with Gasteiger partial charge in [-0.15, -0.1) is 0 Å². The second-order valence-electron chi connectivity index (χ2n) is 2.44. The predicted octanol–water partition coefficient (Wildman–Crippen LogP) is 4.56. The second-order valence-corrected chi connectivity index (χ2v) is 4.19. The molecule has 0 nitrogen and oxygen atoms in total. The Kier molecular flexibility index (Phi) is 4.02. The lowest BCUT2D eigenvalue weighted by molar-refractivity contribution is 1.21. The summed E-state index contributed by atoms with van der Waals surface area (Å²) in [5.41, 5.74) is 1.21. The average Bonchev–Trinajstić information content (AvgIpc) is 2.17. The van der Waals surface area contributed by atoms with E-state index in [1.165, 1.54) is 10.0 Å². The lowest BCUT2D eigenvalue weighted by Gasteiger charge is -2.01. The van der Waals surface area contributed by atoms with Crippen LogP contribution in [0.3, 0.4) is 0 Å². The minimum absolute atomic E-state index is 1.01. The molecule has 0 bridgehead atoms. The predicted molar refractivity (Wildman–Crippen MR) is 61.5 cm³/mol. The zero-order valence-electron chi connectivity index (χ0n) is 6.85. The fourth-order valence-corrected chi connectivity index (χ4v) is 1.67. The van der Waals surface area contributed by atoms with Crippen molar-refractivity contribution in [3.05, 3.63) is 40.4 Å². The normalized spacial score (nSPS) is 12.6. The monoisotopic (exact) mass is 288 g/mol. The lowest BCUT2D eigenvalue weighted by atomic mass is 10.2. The molecule has 0 saturated carbocycles. The molecule has 0 aromatic heterocycles. The van der Waals surface area contributed by atoms with Crippen LogP contribution in [-0.4, -0.2) is 0 Å². The summed E-state index contributed by atoms with van der Waals surface area (Å²) in [7, 11) is 0. The third-order valence-corrected chi connectivity index (χ3v) is 4.00. The summed E-state index contributed by atoms with van der Waals surface area (Å²) < 4.78 is 2.35. The van der Waals surface area contributed by atoms with Gasteiger partial charge in [-0.05, 0) is 27.9 Å². The van der Waals surface area contributed by atoms with Crippen molar-refractivity contribution >= 4 is 36.3 Å². The lowest BCUT2D eigenvalue weighted by Crippen LogP contribution is -1.77. The molecular weight excluding hydrogens is 280 g/mol. The first-order chi connectivity index (χ1) is 5.75. The van der Waals surface area contributed by atoms with Crippen LogP contribution in [0.25, 0.3) is 4.48 Å². The van der Waals surface area contributed by atoms with Gasteiger partial charge in [-0.2, -0.15) is 0 Å². The van der Waals surface area contributed by atoms with Gasteiger partial charge in [0.1, 0.15) is 0 Å². The topological polar surface area (TPSA) is 0 Å². The van der Waals surface area contributed by atoms with E-state index in [0.717, 1.165) is 10.9 Å². The molecule has 0 heterocycles. The maximum atomic E-state index is 3.54. The first-order valence-electron chi connectivity index (χ1n) is 3.85. The Morgan fingerprint density at radius 3 is 2.25 bits per heavy atom. The summed E-state index contributed by atoms with van der Waals surface area (Å²) in [6, 6.07) is 10.3. The van der Waals surface area contributed by atoms with E-state index < -0.39 is 0 Å². The van der Waals surface area contributed by atoms with E-state index in [1.54, 1.807) is 0 Å². The van der Waals surface area contributed by atoms with E-state index in [0.29, 0.717) is 0 Å². The van der Waals surface area contributed by atoms with Crippen molar-refractivity contribution in [3.63, 3.8) is 0 Å². The molecule has 0 aliphatic carbocycles. The van der Waals surface area contributed by atoms with Crippen molar-refractivity contribution in [3.8, 4) is 0 Å². The molecule has 1 aromatic rings. The molecule has 0 saturated heterocycles. The van der Waals surface area contributed by atoms with Crippen molar-refractivity contribution < 1.29 is 0 Å². The molecule has 0 aliphatic heterocycles. The Morgan fingerprint density at radius 1 is 1.17 bits per heavy atom. The highest BCUT2D eigenvalue weighted by molar-refractivity contribution is 9.16. The molecule has 1 aromatic carbocycles. The summed E-state index contributed by atoms with van der Waals surface area (Å²) in [6.45, 7) is 2.12. The summed E-state index contributed by atoms with van der Waals surface area (Å²) >= 11 is 7.06. The Morgan fingerprint density at radius 2 is 1.75 bits per heavy atom. The molecule has 1 rings (SSSR count). The van der Waals surface area contributed by atoms with Gasteiger partial charge >= 0.3 is 0 Å². The van der Waals surface area contributed by atoms with Crippen LogP contribution in [0.2, 0.25) is 0 Å². The van der Waals surface area contributed by atoms with E-state index in [4.69, 9.17) is 0 Å². The van der Waals surface area contributed by atoms with Crippen LogP contribution in [-0.2, 0) is 0 Å². The summed E-state index contributed by atoms with van der Waals surface area (Å²) in [6.07, 6.45) is 1.01. The van der Waals surface area contributed by atoms with Gasteiger partial charge in [0, 0.05) is 8.96 Å². The van der Waals surface area contributed by atoms with Crippen molar-refractivity contribution in [2.75, 3.05) is 0 Å². The summed E-state index contributed by atoms with van der Waals surface area (Å²) in [5, 5.41) is 0. The van der Waals surface area contributed by atoms with Crippen LogP contribution >= 0.6 is 31.9 Å². The number of allylic oxidation sites excluding steroid dienone is 1.